The van der Waals surface area contributed by atoms with Gasteiger partial charge < -0.3 is 9.64 Å². The standard InChI is InChI=1S/C20H27ClN2O7S2/c1-2-23(16-8-11-31(26,27)14-16)19(24)13-30-20(25)15-6-7-17(21)18(12-15)32(28,29)22-9-4-3-5-10-22/h6-7,12,16H,2-5,8-11,13-14H2,1H3/t16-/m1/s1. The number of halogens is 1. The lowest BCUT2D eigenvalue weighted by Crippen LogP contribution is -2.43. The van der Waals surface area contributed by atoms with Crippen molar-refractivity contribution < 1.29 is 31.2 Å². The second kappa shape index (κ2) is 10.1. The molecule has 1 amide bonds. The first-order valence-electron chi connectivity index (χ1n) is 10.5. The number of carbonyl (C=O) groups excluding carboxylic acids is 2. The van der Waals surface area contributed by atoms with Gasteiger partial charge in [-0.15, -0.1) is 0 Å². The molecule has 1 aromatic rings. The number of hydrogen-bond donors (Lipinski definition) is 0. The lowest BCUT2D eigenvalue weighted by Gasteiger charge is -2.27. The van der Waals surface area contributed by atoms with E-state index in [1.165, 1.54) is 27.4 Å². The van der Waals surface area contributed by atoms with Crippen molar-refractivity contribution in [2.75, 3.05) is 37.7 Å². The molecule has 2 saturated heterocycles. The molecular weight excluding hydrogens is 480 g/mol. The Morgan fingerprint density at radius 3 is 2.50 bits per heavy atom. The van der Waals surface area contributed by atoms with Crippen molar-refractivity contribution in [3.8, 4) is 0 Å². The average molecular weight is 507 g/mol. The molecule has 1 atom stereocenters. The summed E-state index contributed by atoms with van der Waals surface area (Å²) in [6.07, 6.45) is 2.83. The Morgan fingerprint density at radius 2 is 1.91 bits per heavy atom. The van der Waals surface area contributed by atoms with Gasteiger partial charge in [-0.1, -0.05) is 18.0 Å². The topological polar surface area (TPSA) is 118 Å². The first-order valence-corrected chi connectivity index (χ1v) is 14.2. The Kier molecular flexibility index (Phi) is 7.85. The van der Waals surface area contributed by atoms with Crippen LogP contribution in [0.15, 0.2) is 23.1 Å². The monoisotopic (exact) mass is 506 g/mol. The molecule has 2 aliphatic rings. The Balaban J connectivity index is 1.69. The minimum absolute atomic E-state index is 0.00259. The molecule has 9 nitrogen and oxygen atoms in total. The highest BCUT2D eigenvalue weighted by molar-refractivity contribution is 7.91. The van der Waals surface area contributed by atoms with Crippen molar-refractivity contribution in [2.45, 2.75) is 43.5 Å². The fourth-order valence-corrected chi connectivity index (χ4v) is 7.77. The molecule has 0 aliphatic carbocycles. The minimum atomic E-state index is -3.86. The van der Waals surface area contributed by atoms with E-state index in [2.05, 4.69) is 0 Å². The van der Waals surface area contributed by atoms with Gasteiger partial charge >= 0.3 is 5.97 Å². The molecule has 2 fully saturated rings. The van der Waals surface area contributed by atoms with Crippen molar-refractivity contribution >= 4 is 43.3 Å². The molecule has 0 spiro atoms. The zero-order valence-electron chi connectivity index (χ0n) is 17.8. The van der Waals surface area contributed by atoms with E-state index in [4.69, 9.17) is 16.3 Å². The van der Waals surface area contributed by atoms with E-state index in [1.54, 1.807) is 6.92 Å². The van der Waals surface area contributed by atoms with Crippen molar-refractivity contribution in [1.29, 1.82) is 0 Å². The highest BCUT2D eigenvalue weighted by Gasteiger charge is 2.34. The van der Waals surface area contributed by atoms with Gasteiger partial charge in [-0.05, 0) is 44.4 Å². The molecular formula is C20H27ClN2O7S2. The van der Waals surface area contributed by atoms with Crippen LogP contribution >= 0.6 is 11.6 Å². The van der Waals surface area contributed by atoms with Gasteiger partial charge in [-0.3, -0.25) is 4.79 Å². The molecule has 0 unspecified atom stereocenters. The van der Waals surface area contributed by atoms with Gasteiger partial charge in [0.25, 0.3) is 5.91 Å². The predicted octanol–water partition coefficient (Wildman–Crippen LogP) is 1.71. The van der Waals surface area contributed by atoms with Crippen LogP contribution in [0.5, 0.6) is 0 Å². The Bertz CT molecular complexity index is 1080. The van der Waals surface area contributed by atoms with E-state index in [0.717, 1.165) is 19.3 Å². The molecule has 3 rings (SSSR count). The second-order valence-electron chi connectivity index (χ2n) is 7.92. The number of sulfone groups is 1. The normalized spacial score (nSPS) is 21.2. The van der Waals surface area contributed by atoms with E-state index >= 15 is 0 Å². The van der Waals surface area contributed by atoms with Crippen LogP contribution in [0.3, 0.4) is 0 Å². The van der Waals surface area contributed by atoms with E-state index < -0.39 is 44.4 Å². The number of sulfonamides is 1. The lowest BCUT2D eigenvalue weighted by atomic mass is 10.2. The van der Waals surface area contributed by atoms with Gasteiger partial charge in [-0.25, -0.2) is 21.6 Å². The largest absolute Gasteiger partial charge is 0.452 e. The number of nitrogens with zero attached hydrogens (tertiary/aromatic N) is 2. The average Bonchev–Trinajstić information content (AvgIpc) is 3.12. The fraction of sp³-hybridized carbons (Fsp3) is 0.600. The van der Waals surface area contributed by atoms with Crippen molar-refractivity contribution in [3.63, 3.8) is 0 Å². The smallest absolute Gasteiger partial charge is 0.338 e. The number of amides is 1. The third-order valence-corrected chi connectivity index (χ3v) is 9.87. The maximum atomic E-state index is 13.0. The SMILES string of the molecule is CCN(C(=O)COC(=O)c1ccc(Cl)c(S(=O)(=O)N2CCCCC2)c1)[C@@H]1CCS(=O)(=O)C1. The number of benzene rings is 1. The lowest BCUT2D eigenvalue weighted by molar-refractivity contribution is -0.136. The summed E-state index contributed by atoms with van der Waals surface area (Å²) in [4.78, 5) is 26.3. The maximum Gasteiger partial charge on any atom is 0.338 e. The highest BCUT2D eigenvalue weighted by Crippen LogP contribution is 2.28. The summed E-state index contributed by atoms with van der Waals surface area (Å²) >= 11 is 6.12. The van der Waals surface area contributed by atoms with Gasteiger partial charge in [0.05, 0.1) is 22.1 Å². The van der Waals surface area contributed by atoms with Crippen LogP contribution in [-0.2, 0) is 29.4 Å². The van der Waals surface area contributed by atoms with Crippen LogP contribution in [0.1, 0.15) is 43.0 Å². The first-order chi connectivity index (χ1) is 15.0. The third kappa shape index (κ3) is 5.62. The summed E-state index contributed by atoms with van der Waals surface area (Å²) in [6.45, 7) is 2.23. The van der Waals surface area contributed by atoms with Gasteiger partial charge in [0.2, 0.25) is 10.0 Å². The Morgan fingerprint density at radius 1 is 1.22 bits per heavy atom. The summed E-state index contributed by atoms with van der Waals surface area (Å²) in [7, 11) is -7.02. The zero-order chi connectivity index (χ0) is 23.5. The van der Waals surface area contributed by atoms with Crippen molar-refractivity contribution in [2.24, 2.45) is 0 Å². The molecule has 0 radical (unpaired) electrons. The predicted molar refractivity (Wildman–Crippen MR) is 119 cm³/mol. The number of carbonyl (C=O) groups is 2. The maximum absolute atomic E-state index is 13.0. The van der Waals surface area contributed by atoms with Crippen LogP contribution in [0, 0.1) is 0 Å². The number of esters is 1. The van der Waals surface area contributed by atoms with Crippen LogP contribution in [-0.4, -0.2) is 81.7 Å². The molecule has 1 aromatic carbocycles. The fourth-order valence-electron chi connectivity index (χ4n) is 4.03. The molecule has 0 saturated carbocycles. The third-order valence-electron chi connectivity index (χ3n) is 5.74. The zero-order valence-corrected chi connectivity index (χ0v) is 20.2. The number of ether oxygens (including phenoxy) is 1. The van der Waals surface area contributed by atoms with Gasteiger partial charge in [0.15, 0.2) is 16.4 Å². The molecule has 0 aromatic heterocycles. The van der Waals surface area contributed by atoms with Gasteiger partial charge in [0, 0.05) is 25.7 Å². The van der Waals surface area contributed by atoms with Crippen LogP contribution in [0.25, 0.3) is 0 Å². The van der Waals surface area contributed by atoms with Crippen LogP contribution < -0.4 is 0 Å². The van der Waals surface area contributed by atoms with Crippen LogP contribution in [0.2, 0.25) is 5.02 Å². The summed E-state index contributed by atoms with van der Waals surface area (Å²) in [5.41, 5.74) is -0.0377. The van der Waals surface area contributed by atoms with E-state index in [1.807, 2.05) is 0 Å². The number of piperidine rings is 1. The molecule has 2 aliphatic heterocycles. The van der Waals surface area contributed by atoms with Crippen LogP contribution in [0.4, 0.5) is 0 Å². The minimum Gasteiger partial charge on any atom is -0.452 e. The summed E-state index contributed by atoms with van der Waals surface area (Å²) in [5.74, 6) is -1.44. The van der Waals surface area contributed by atoms with Crippen molar-refractivity contribution in [3.05, 3.63) is 28.8 Å². The van der Waals surface area contributed by atoms with Crippen molar-refractivity contribution in [1.82, 2.24) is 9.21 Å². The molecule has 2 heterocycles. The Hall–Kier alpha value is -1.69. The number of likely N-dealkylation sites (N-methyl/N-ethyl adjacent to an activating group) is 1. The number of hydrogen-bond acceptors (Lipinski definition) is 7. The quantitative estimate of drug-likeness (QED) is 0.516. The molecule has 32 heavy (non-hydrogen) atoms. The molecule has 0 bridgehead atoms. The summed E-state index contributed by atoms with van der Waals surface area (Å²) in [6, 6.07) is 3.39. The van der Waals surface area contributed by atoms with E-state index in [0.29, 0.717) is 19.5 Å². The molecule has 0 N–H and O–H groups in total. The van der Waals surface area contributed by atoms with E-state index in [-0.39, 0.29) is 33.5 Å². The second-order valence-corrected chi connectivity index (χ2v) is 12.5. The Labute approximate surface area is 193 Å². The highest BCUT2D eigenvalue weighted by atomic mass is 35.5. The first kappa shape index (κ1) is 24.9. The number of rotatable bonds is 7. The molecule has 178 valence electrons. The molecule has 12 heteroatoms. The summed E-state index contributed by atoms with van der Waals surface area (Å²) in [5, 5.41) is 0.00259. The summed E-state index contributed by atoms with van der Waals surface area (Å²) < 4.78 is 55.8. The van der Waals surface area contributed by atoms with E-state index in [9.17, 15) is 26.4 Å². The van der Waals surface area contributed by atoms with Gasteiger partial charge in [0.1, 0.15) is 4.90 Å². The van der Waals surface area contributed by atoms with Gasteiger partial charge in [-0.2, -0.15) is 4.31 Å².